The Bertz CT molecular complexity index is 340. The molecule has 1 unspecified atom stereocenters. The molecule has 0 aliphatic heterocycles. The summed E-state index contributed by atoms with van der Waals surface area (Å²) in [6.45, 7) is 4.31. The molecule has 2 heteroatoms. The predicted molar refractivity (Wildman–Crippen MR) is 70.4 cm³/mol. The molecule has 0 aromatic heterocycles. The molecule has 0 fully saturated rings. The maximum Gasteiger partial charge on any atom is 0.137 e. The van der Waals surface area contributed by atoms with Crippen LogP contribution >= 0.6 is 0 Å². The van der Waals surface area contributed by atoms with Gasteiger partial charge in [0, 0.05) is 12.8 Å². The number of carbonyl (C=O) groups is 1. The molecular formula is C15H22O2. The van der Waals surface area contributed by atoms with E-state index in [0.717, 1.165) is 24.2 Å². The third kappa shape index (κ3) is 5.03. The first kappa shape index (κ1) is 13.8. The SMILES string of the molecule is CCCC(C)CC(=O)Cc1ccc(OC)cc1. The molecule has 0 N–H and O–H groups in total. The Hall–Kier alpha value is -1.31. The lowest BCUT2D eigenvalue weighted by Crippen LogP contribution is -2.08. The molecule has 2 nitrogen and oxygen atoms in total. The molecule has 0 saturated heterocycles. The maximum atomic E-state index is 11.8. The van der Waals surface area contributed by atoms with Crippen LogP contribution < -0.4 is 4.74 Å². The lowest BCUT2D eigenvalue weighted by atomic mass is 9.96. The van der Waals surface area contributed by atoms with Crippen LogP contribution in [0.5, 0.6) is 5.75 Å². The van der Waals surface area contributed by atoms with Crippen LogP contribution in [0.4, 0.5) is 0 Å². The van der Waals surface area contributed by atoms with Crippen LogP contribution in [0.3, 0.4) is 0 Å². The van der Waals surface area contributed by atoms with E-state index in [0.29, 0.717) is 24.5 Å². The average molecular weight is 234 g/mol. The summed E-state index contributed by atoms with van der Waals surface area (Å²) in [7, 11) is 1.65. The van der Waals surface area contributed by atoms with E-state index < -0.39 is 0 Å². The van der Waals surface area contributed by atoms with Crippen LogP contribution in [-0.4, -0.2) is 12.9 Å². The molecule has 0 spiro atoms. The minimum absolute atomic E-state index is 0.330. The van der Waals surface area contributed by atoms with Gasteiger partial charge in [-0.3, -0.25) is 4.79 Å². The molecule has 17 heavy (non-hydrogen) atoms. The van der Waals surface area contributed by atoms with Gasteiger partial charge in [-0.05, 0) is 23.6 Å². The van der Waals surface area contributed by atoms with Crippen molar-refractivity contribution in [2.75, 3.05) is 7.11 Å². The Balaban J connectivity index is 2.44. The lowest BCUT2D eigenvalue weighted by molar-refractivity contribution is -0.119. The van der Waals surface area contributed by atoms with Crippen LogP contribution in [0.15, 0.2) is 24.3 Å². The fourth-order valence-electron chi connectivity index (χ4n) is 2.03. The third-order valence-corrected chi connectivity index (χ3v) is 2.92. The summed E-state index contributed by atoms with van der Waals surface area (Å²) in [5, 5.41) is 0. The zero-order chi connectivity index (χ0) is 12.7. The lowest BCUT2D eigenvalue weighted by Gasteiger charge is -2.09. The van der Waals surface area contributed by atoms with E-state index in [4.69, 9.17) is 4.74 Å². The highest BCUT2D eigenvalue weighted by Crippen LogP contribution is 2.15. The van der Waals surface area contributed by atoms with Crippen molar-refractivity contribution >= 4 is 5.78 Å². The number of rotatable bonds is 7. The van der Waals surface area contributed by atoms with Crippen molar-refractivity contribution < 1.29 is 9.53 Å². The van der Waals surface area contributed by atoms with Crippen molar-refractivity contribution in [3.05, 3.63) is 29.8 Å². The van der Waals surface area contributed by atoms with E-state index in [1.54, 1.807) is 7.11 Å². The van der Waals surface area contributed by atoms with Crippen molar-refractivity contribution in [2.24, 2.45) is 5.92 Å². The molecule has 1 rings (SSSR count). The summed E-state index contributed by atoms with van der Waals surface area (Å²) in [5.41, 5.74) is 1.07. The van der Waals surface area contributed by atoms with Crippen molar-refractivity contribution in [2.45, 2.75) is 39.5 Å². The van der Waals surface area contributed by atoms with E-state index in [1.165, 1.54) is 0 Å². The van der Waals surface area contributed by atoms with Gasteiger partial charge in [-0.1, -0.05) is 38.8 Å². The van der Waals surface area contributed by atoms with Crippen LogP contribution in [0.25, 0.3) is 0 Å². The Labute approximate surface area is 104 Å². The minimum Gasteiger partial charge on any atom is -0.497 e. The van der Waals surface area contributed by atoms with E-state index in [2.05, 4.69) is 13.8 Å². The van der Waals surface area contributed by atoms with Crippen LogP contribution in [0.2, 0.25) is 0 Å². The topological polar surface area (TPSA) is 26.3 Å². The second-order valence-corrected chi connectivity index (χ2v) is 4.66. The van der Waals surface area contributed by atoms with Gasteiger partial charge in [0.05, 0.1) is 7.11 Å². The largest absolute Gasteiger partial charge is 0.497 e. The first-order chi connectivity index (χ1) is 8.15. The smallest absolute Gasteiger partial charge is 0.137 e. The predicted octanol–water partition coefficient (Wildman–Crippen LogP) is 3.63. The van der Waals surface area contributed by atoms with Gasteiger partial charge >= 0.3 is 0 Å². The maximum absolute atomic E-state index is 11.8. The molecule has 94 valence electrons. The van der Waals surface area contributed by atoms with Gasteiger partial charge in [-0.25, -0.2) is 0 Å². The molecule has 1 aromatic rings. The highest BCUT2D eigenvalue weighted by molar-refractivity contribution is 5.81. The summed E-state index contributed by atoms with van der Waals surface area (Å²) >= 11 is 0. The molecule has 1 atom stereocenters. The number of carbonyl (C=O) groups excluding carboxylic acids is 1. The molecule has 0 radical (unpaired) electrons. The molecule has 0 saturated carbocycles. The number of ether oxygens (including phenoxy) is 1. The van der Waals surface area contributed by atoms with Crippen LogP contribution in [0.1, 0.15) is 38.7 Å². The van der Waals surface area contributed by atoms with Gasteiger partial charge in [-0.15, -0.1) is 0 Å². The molecule has 0 amide bonds. The zero-order valence-corrected chi connectivity index (χ0v) is 11.0. The second kappa shape index (κ2) is 7.10. The van der Waals surface area contributed by atoms with E-state index >= 15 is 0 Å². The van der Waals surface area contributed by atoms with Gasteiger partial charge < -0.3 is 4.74 Å². The van der Waals surface area contributed by atoms with Gasteiger partial charge in [0.2, 0.25) is 0 Å². The number of hydrogen-bond donors (Lipinski definition) is 0. The number of hydrogen-bond acceptors (Lipinski definition) is 2. The van der Waals surface area contributed by atoms with Crippen molar-refractivity contribution in [3.63, 3.8) is 0 Å². The number of ketones is 1. The summed E-state index contributed by atoms with van der Waals surface area (Å²) in [6.07, 6.45) is 3.52. The normalized spacial score (nSPS) is 12.2. The highest BCUT2D eigenvalue weighted by Gasteiger charge is 2.09. The second-order valence-electron chi connectivity index (χ2n) is 4.66. The fourth-order valence-corrected chi connectivity index (χ4v) is 2.03. The van der Waals surface area contributed by atoms with Gasteiger partial charge in [-0.2, -0.15) is 0 Å². The van der Waals surface area contributed by atoms with Gasteiger partial charge in [0.25, 0.3) is 0 Å². The zero-order valence-electron chi connectivity index (χ0n) is 11.0. The average Bonchev–Trinajstić information content (AvgIpc) is 2.30. The Morgan fingerprint density at radius 1 is 1.29 bits per heavy atom. The molecule has 1 aromatic carbocycles. The quantitative estimate of drug-likeness (QED) is 0.720. The van der Waals surface area contributed by atoms with E-state index in [1.807, 2.05) is 24.3 Å². The molecule has 0 aliphatic carbocycles. The standard InChI is InChI=1S/C15H22O2/c1-4-5-12(2)10-14(16)11-13-6-8-15(17-3)9-7-13/h6-9,12H,4-5,10-11H2,1-3H3. The number of Topliss-reactive ketones (excluding diaryl/α,β-unsaturated/α-hetero) is 1. The first-order valence-electron chi connectivity index (χ1n) is 6.30. The minimum atomic E-state index is 0.330. The summed E-state index contributed by atoms with van der Waals surface area (Å²) in [6, 6.07) is 7.72. The number of benzene rings is 1. The molecule has 0 bridgehead atoms. The van der Waals surface area contributed by atoms with E-state index in [9.17, 15) is 4.79 Å². The number of methoxy groups -OCH3 is 1. The first-order valence-corrected chi connectivity index (χ1v) is 6.30. The Morgan fingerprint density at radius 2 is 1.94 bits per heavy atom. The van der Waals surface area contributed by atoms with Gasteiger partial charge in [0.15, 0.2) is 0 Å². The Kier molecular flexibility index (Phi) is 5.75. The van der Waals surface area contributed by atoms with Crippen molar-refractivity contribution in [3.8, 4) is 5.75 Å². The van der Waals surface area contributed by atoms with Gasteiger partial charge in [0.1, 0.15) is 11.5 Å². The summed E-state index contributed by atoms with van der Waals surface area (Å²) < 4.78 is 5.09. The third-order valence-electron chi connectivity index (χ3n) is 2.92. The van der Waals surface area contributed by atoms with Crippen LogP contribution in [0, 0.1) is 5.92 Å². The summed E-state index contributed by atoms with van der Waals surface area (Å²) in [5.74, 6) is 1.67. The van der Waals surface area contributed by atoms with E-state index in [-0.39, 0.29) is 0 Å². The van der Waals surface area contributed by atoms with Crippen molar-refractivity contribution in [1.29, 1.82) is 0 Å². The van der Waals surface area contributed by atoms with Crippen LogP contribution in [-0.2, 0) is 11.2 Å². The fraction of sp³-hybridized carbons (Fsp3) is 0.533. The molecule has 0 aliphatic rings. The molecule has 0 heterocycles. The molecular weight excluding hydrogens is 212 g/mol. The Morgan fingerprint density at radius 3 is 2.47 bits per heavy atom. The monoisotopic (exact) mass is 234 g/mol. The van der Waals surface area contributed by atoms with Crippen molar-refractivity contribution in [1.82, 2.24) is 0 Å². The highest BCUT2D eigenvalue weighted by atomic mass is 16.5. The summed E-state index contributed by atoms with van der Waals surface area (Å²) in [4.78, 5) is 11.8.